The molecule has 0 heterocycles. The predicted molar refractivity (Wildman–Crippen MR) is 116 cm³/mol. The van der Waals surface area contributed by atoms with Crippen LogP contribution in [-0.4, -0.2) is 12.1 Å². The van der Waals surface area contributed by atoms with E-state index in [-0.39, 0.29) is 5.78 Å². The van der Waals surface area contributed by atoms with Gasteiger partial charge in [-0.2, -0.15) is 0 Å². The number of ketones is 1. The third kappa shape index (κ3) is 5.20. The molecule has 0 amide bonds. The second kappa shape index (κ2) is 8.73. The number of benzene rings is 3. The first-order valence-electron chi connectivity index (χ1n) is 9.85. The Balaban J connectivity index is 1.92. The summed E-state index contributed by atoms with van der Waals surface area (Å²) in [6.45, 7) is 7.80. The fraction of sp³-hybridized carbons (Fsp3) is 0.269. The molecular weight excluding hydrogens is 360 g/mol. The van der Waals surface area contributed by atoms with Gasteiger partial charge in [0.25, 0.3) is 0 Å². The van der Waals surface area contributed by atoms with Crippen LogP contribution >= 0.6 is 0 Å². The van der Waals surface area contributed by atoms with Crippen molar-refractivity contribution in [3.8, 4) is 0 Å². The summed E-state index contributed by atoms with van der Waals surface area (Å²) in [7, 11) is 0. The van der Waals surface area contributed by atoms with Gasteiger partial charge >= 0.3 is 0 Å². The number of rotatable bonds is 8. The van der Waals surface area contributed by atoms with Gasteiger partial charge < -0.3 is 9.47 Å². The number of ether oxygens (including phenoxy) is 2. The van der Waals surface area contributed by atoms with Gasteiger partial charge in [0.1, 0.15) is 0 Å². The Bertz CT molecular complexity index is 862. The maximum absolute atomic E-state index is 13.3. The maximum atomic E-state index is 13.3. The molecule has 0 saturated carbocycles. The lowest BCUT2D eigenvalue weighted by molar-refractivity contribution is -0.223. The van der Waals surface area contributed by atoms with Gasteiger partial charge in [0.05, 0.1) is 11.2 Å². The summed E-state index contributed by atoms with van der Waals surface area (Å²) in [5.41, 5.74) is 1.11. The zero-order valence-electron chi connectivity index (χ0n) is 17.5. The van der Waals surface area contributed by atoms with Crippen molar-refractivity contribution in [2.24, 2.45) is 0 Å². The molecule has 3 rings (SSSR count). The maximum Gasteiger partial charge on any atom is 0.224 e. The van der Waals surface area contributed by atoms with Crippen molar-refractivity contribution in [2.45, 2.75) is 45.2 Å². The summed E-state index contributed by atoms with van der Waals surface area (Å²) in [5.74, 6) is -0.196. The van der Waals surface area contributed by atoms with Gasteiger partial charge in [-0.15, -0.1) is 0 Å². The standard InChI is InChI=1S/C26H28O3/c1-25(2,21-16-10-6-11-17-21)28-24(23(27)20-14-8-5-9-15-20)29-26(3,4)22-18-12-7-13-19-22/h5-19,24H,1-4H3. The topological polar surface area (TPSA) is 35.5 Å². The smallest absolute Gasteiger partial charge is 0.224 e. The second-order valence-corrected chi connectivity index (χ2v) is 8.05. The molecule has 0 aliphatic heterocycles. The van der Waals surface area contributed by atoms with Gasteiger partial charge in [0.15, 0.2) is 0 Å². The van der Waals surface area contributed by atoms with E-state index in [2.05, 4.69) is 0 Å². The van der Waals surface area contributed by atoms with Crippen LogP contribution in [0.15, 0.2) is 91.0 Å². The van der Waals surface area contributed by atoms with Crippen LogP contribution < -0.4 is 0 Å². The van der Waals surface area contributed by atoms with E-state index in [1.54, 1.807) is 12.1 Å². The van der Waals surface area contributed by atoms with E-state index in [4.69, 9.17) is 9.47 Å². The molecule has 3 nitrogen and oxygen atoms in total. The van der Waals surface area contributed by atoms with E-state index in [1.807, 2.05) is 107 Å². The van der Waals surface area contributed by atoms with Crippen LogP contribution in [-0.2, 0) is 20.7 Å². The average Bonchev–Trinajstić information content (AvgIpc) is 2.74. The fourth-order valence-electron chi connectivity index (χ4n) is 3.22. The van der Waals surface area contributed by atoms with Crippen LogP contribution in [0.2, 0.25) is 0 Å². The van der Waals surface area contributed by atoms with Crippen molar-refractivity contribution in [2.75, 3.05) is 0 Å². The first kappa shape index (κ1) is 21.0. The minimum Gasteiger partial charge on any atom is -0.335 e. The van der Waals surface area contributed by atoms with Gasteiger partial charge in [0, 0.05) is 5.56 Å². The largest absolute Gasteiger partial charge is 0.335 e. The van der Waals surface area contributed by atoms with Crippen LogP contribution in [0.25, 0.3) is 0 Å². The Morgan fingerprint density at radius 2 is 0.966 bits per heavy atom. The molecule has 0 saturated heterocycles. The first-order chi connectivity index (χ1) is 13.8. The summed E-state index contributed by atoms with van der Waals surface area (Å²) >= 11 is 0. The quantitative estimate of drug-likeness (QED) is 0.345. The van der Waals surface area contributed by atoms with Crippen LogP contribution in [0, 0.1) is 0 Å². The van der Waals surface area contributed by atoms with E-state index < -0.39 is 17.5 Å². The summed E-state index contributed by atoms with van der Waals surface area (Å²) in [5, 5.41) is 0. The minimum absolute atomic E-state index is 0.196. The highest BCUT2D eigenvalue weighted by Crippen LogP contribution is 2.32. The normalized spacial score (nSPS) is 12.2. The van der Waals surface area contributed by atoms with Crippen LogP contribution in [0.5, 0.6) is 0 Å². The van der Waals surface area contributed by atoms with Crippen molar-refractivity contribution >= 4 is 5.78 Å². The molecule has 150 valence electrons. The molecule has 0 fully saturated rings. The number of hydrogen-bond acceptors (Lipinski definition) is 3. The molecule has 0 aromatic heterocycles. The monoisotopic (exact) mass is 388 g/mol. The SMILES string of the molecule is CC(C)(OC(OC(C)(C)c1ccccc1)C(=O)c1ccccc1)c1ccccc1. The molecule has 0 bridgehead atoms. The lowest BCUT2D eigenvalue weighted by atomic mass is 9.97. The number of carbonyl (C=O) groups excluding carboxylic acids is 1. The van der Waals surface area contributed by atoms with Crippen molar-refractivity contribution in [1.82, 2.24) is 0 Å². The minimum atomic E-state index is -1.05. The number of carbonyl (C=O) groups is 1. The lowest BCUT2D eigenvalue weighted by Gasteiger charge is -2.35. The molecule has 0 unspecified atom stereocenters. The van der Waals surface area contributed by atoms with Gasteiger partial charge in [-0.05, 0) is 38.8 Å². The molecule has 0 aliphatic rings. The molecule has 0 atom stereocenters. The summed E-state index contributed by atoms with van der Waals surface area (Å²) < 4.78 is 12.7. The predicted octanol–water partition coefficient (Wildman–Crippen LogP) is 6.10. The van der Waals surface area contributed by atoms with Crippen LogP contribution in [0.1, 0.15) is 49.2 Å². The highest BCUT2D eigenvalue weighted by Gasteiger charge is 2.36. The van der Waals surface area contributed by atoms with E-state index in [0.717, 1.165) is 11.1 Å². The van der Waals surface area contributed by atoms with Gasteiger partial charge in [-0.3, -0.25) is 4.79 Å². The van der Waals surface area contributed by atoms with Crippen molar-refractivity contribution in [3.63, 3.8) is 0 Å². The van der Waals surface area contributed by atoms with Crippen molar-refractivity contribution < 1.29 is 14.3 Å². The third-order valence-corrected chi connectivity index (χ3v) is 5.01. The van der Waals surface area contributed by atoms with Gasteiger partial charge in [0.2, 0.25) is 12.1 Å². The van der Waals surface area contributed by atoms with Crippen LogP contribution in [0.3, 0.4) is 0 Å². The molecule has 0 N–H and O–H groups in total. The molecule has 3 aromatic rings. The van der Waals surface area contributed by atoms with Gasteiger partial charge in [-0.25, -0.2) is 0 Å². The third-order valence-electron chi connectivity index (χ3n) is 5.01. The lowest BCUT2D eigenvalue weighted by Crippen LogP contribution is -2.40. The highest BCUT2D eigenvalue weighted by molar-refractivity contribution is 5.98. The molecular formula is C26H28O3. The van der Waals surface area contributed by atoms with Gasteiger partial charge in [-0.1, -0.05) is 91.0 Å². The van der Waals surface area contributed by atoms with E-state index in [9.17, 15) is 4.79 Å². The number of Topliss-reactive ketones (excluding diaryl/α,β-unsaturated/α-hetero) is 1. The second-order valence-electron chi connectivity index (χ2n) is 8.05. The fourth-order valence-corrected chi connectivity index (χ4v) is 3.22. The van der Waals surface area contributed by atoms with Crippen molar-refractivity contribution in [3.05, 3.63) is 108 Å². The highest BCUT2D eigenvalue weighted by atomic mass is 16.7. The Morgan fingerprint density at radius 3 is 1.34 bits per heavy atom. The first-order valence-corrected chi connectivity index (χ1v) is 9.85. The average molecular weight is 389 g/mol. The Labute approximate surface area is 173 Å². The van der Waals surface area contributed by atoms with E-state index >= 15 is 0 Å². The Morgan fingerprint density at radius 1 is 0.621 bits per heavy atom. The Kier molecular flexibility index (Phi) is 6.31. The molecule has 3 aromatic carbocycles. The zero-order valence-corrected chi connectivity index (χ0v) is 17.5. The summed E-state index contributed by atoms with van der Waals surface area (Å²) in [6.07, 6.45) is -1.05. The molecule has 0 radical (unpaired) electrons. The summed E-state index contributed by atoms with van der Waals surface area (Å²) in [6, 6.07) is 28.9. The number of hydrogen-bond donors (Lipinski definition) is 0. The van der Waals surface area contributed by atoms with E-state index in [1.165, 1.54) is 0 Å². The molecule has 29 heavy (non-hydrogen) atoms. The zero-order chi connectivity index (χ0) is 20.9. The van der Waals surface area contributed by atoms with Crippen molar-refractivity contribution in [1.29, 1.82) is 0 Å². The van der Waals surface area contributed by atoms with Crippen LogP contribution in [0.4, 0.5) is 0 Å². The summed E-state index contributed by atoms with van der Waals surface area (Å²) in [4.78, 5) is 13.3. The van der Waals surface area contributed by atoms with E-state index in [0.29, 0.717) is 5.56 Å². The molecule has 0 aliphatic carbocycles. The molecule has 0 spiro atoms. The molecule has 3 heteroatoms. The Hall–Kier alpha value is -2.75.